The van der Waals surface area contributed by atoms with Gasteiger partial charge in [-0.3, -0.25) is 10.1 Å². The number of rotatable bonds is 14. The number of hydrogen-bond acceptors (Lipinski definition) is 7. The number of benzene rings is 3. The van der Waals surface area contributed by atoms with Crippen LogP contribution < -0.4 is 4.74 Å². The number of aromatic nitrogens is 1. The molecular weight excluding hydrogens is 522 g/mol. The number of non-ortho nitro benzene ring substituents is 1. The zero-order valence-electron chi connectivity index (χ0n) is 24.1. The number of oxime groups is 1. The van der Waals surface area contributed by atoms with E-state index < -0.39 is 5.97 Å². The molecule has 1 atom stereocenters. The molecule has 0 aliphatic carbocycles. The van der Waals surface area contributed by atoms with E-state index in [1.54, 1.807) is 19.2 Å². The van der Waals surface area contributed by atoms with Crippen molar-refractivity contribution in [1.29, 1.82) is 0 Å². The van der Waals surface area contributed by atoms with Gasteiger partial charge < -0.3 is 18.9 Å². The Balaban J connectivity index is 1.90. The Morgan fingerprint density at radius 3 is 2.44 bits per heavy atom. The molecule has 0 aliphatic rings. The highest BCUT2D eigenvalue weighted by atomic mass is 16.7. The Morgan fingerprint density at radius 2 is 1.76 bits per heavy atom. The number of unbranched alkanes of at least 4 members (excludes halogenated alkanes) is 1. The Kier molecular flexibility index (Phi) is 10.1. The van der Waals surface area contributed by atoms with E-state index in [1.807, 2.05) is 48.5 Å². The van der Waals surface area contributed by atoms with Gasteiger partial charge in [0.15, 0.2) is 0 Å². The molecule has 0 saturated heterocycles. The van der Waals surface area contributed by atoms with Crippen molar-refractivity contribution in [3.8, 4) is 5.75 Å². The number of nitro groups is 1. The van der Waals surface area contributed by atoms with E-state index in [1.165, 1.54) is 6.92 Å². The molecule has 0 fully saturated rings. The second kappa shape index (κ2) is 13.9. The molecule has 1 unspecified atom stereocenters. The van der Waals surface area contributed by atoms with Crippen molar-refractivity contribution in [2.75, 3.05) is 20.3 Å². The average Bonchev–Trinajstić information content (AvgIpc) is 3.28. The summed E-state index contributed by atoms with van der Waals surface area (Å²) < 4.78 is 13.4. The van der Waals surface area contributed by atoms with Gasteiger partial charge in [0.25, 0.3) is 5.69 Å². The van der Waals surface area contributed by atoms with Gasteiger partial charge in [-0.15, -0.1) is 0 Å². The maximum absolute atomic E-state index is 11.8. The van der Waals surface area contributed by atoms with Crippen LogP contribution in [0.3, 0.4) is 0 Å². The fourth-order valence-electron chi connectivity index (χ4n) is 5.12. The third kappa shape index (κ3) is 6.92. The lowest BCUT2D eigenvalue weighted by Crippen LogP contribution is -2.11. The first-order chi connectivity index (χ1) is 19.9. The molecule has 9 heteroatoms. The van der Waals surface area contributed by atoms with Gasteiger partial charge in [0.1, 0.15) is 18.1 Å². The molecule has 0 spiro atoms. The molecule has 9 nitrogen and oxygen atoms in total. The lowest BCUT2D eigenvalue weighted by Gasteiger charge is -2.17. The molecule has 1 heterocycles. The van der Waals surface area contributed by atoms with Crippen LogP contribution >= 0.6 is 0 Å². The number of para-hydroxylation sites is 1. The average molecular weight is 560 g/mol. The van der Waals surface area contributed by atoms with E-state index in [0.717, 1.165) is 54.0 Å². The minimum atomic E-state index is -0.550. The summed E-state index contributed by atoms with van der Waals surface area (Å²) in [5, 5.41) is 17.6. The van der Waals surface area contributed by atoms with Crippen molar-refractivity contribution in [1.82, 2.24) is 4.57 Å². The van der Waals surface area contributed by atoms with E-state index in [2.05, 4.69) is 23.6 Å². The van der Waals surface area contributed by atoms with E-state index in [4.69, 9.17) is 14.3 Å². The molecule has 0 N–H and O–H groups in total. The molecule has 216 valence electrons. The number of nitrogens with zero attached hydrogens (tertiary/aromatic N) is 3. The fourth-order valence-corrected chi connectivity index (χ4v) is 5.12. The van der Waals surface area contributed by atoms with Crippen molar-refractivity contribution in [2.24, 2.45) is 11.1 Å². The molecule has 4 aromatic rings. The van der Waals surface area contributed by atoms with Crippen molar-refractivity contribution in [2.45, 2.75) is 53.0 Å². The molecule has 41 heavy (non-hydrogen) atoms. The lowest BCUT2D eigenvalue weighted by atomic mass is 9.98. The van der Waals surface area contributed by atoms with Gasteiger partial charge in [-0.25, -0.2) is 4.79 Å². The Morgan fingerprint density at radius 1 is 1.02 bits per heavy atom. The number of ether oxygens (including phenoxy) is 2. The molecule has 0 bridgehead atoms. The summed E-state index contributed by atoms with van der Waals surface area (Å²) in [7, 11) is 1.60. The largest absolute Gasteiger partial charge is 0.490 e. The normalized spacial score (nSPS) is 12.5. The monoisotopic (exact) mass is 559 g/mol. The topological polar surface area (TPSA) is 105 Å². The number of hydrogen-bond donors (Lipinski definition) is 0. The van der Waals surface area contributed by atoms with Crippen molar-refractivity contribution >= 4 is 39.2 Å². The van der Waals surface area contributed by atoms with Crippen molar-refractivity contribution < 1.29 is 24.0 Å². The summed E-state index contributed by atoms with van der Waals surface area (Å²) in [6, 6.07) is 18.3. The van der Waals surface area contributed by atoms with E-state index in [9.17, 15) is 14.9 Å². The van der Waals surface area contributed by atoms with E-state index in [0.29, 0.717) is 41.7 Å². The summed E-state index contributed by atoms with van der Waals surface area (Å²) in [6.45, 7) is 7.26. The van der Waals surface area contributed by atoms with Crippen LogP contribution in [0.5, 0.6) is 5.75 Å². The summed E-state index contributed by atoms with van der Waals surface area (Å²) >= 11 is 0. The quantitative estimate of drug-likeness (QED) is 0.0529. The molecule has 1 aromatic heterocycles. The van der Waals surface area contributed by atoms with Gasteiger partial charge in [0, 0.05) is 65.6 Å². The van der Waals surface area contributed by atoms with Crippen LogP contribution in [0.4, 0.5) is 5.69 Å². The first-order valence-corrected chi connectivity index (χ1v) is 14.0. The van der Waals surface area contributed by atoms with E-state index >= 15 is 0 Å². The second-order valence-corrected chi connectivity index (χ2v) is 10.1. The van der Waals surface area contributed by atoms with Crippen molar-refractivity contribution in [3.63, 3.8) is 0 Å². The highest BCUT2D eigenvalue weighted by molar-refractivity contribution is 6.18. The van der Waals surface area contributed by atoms with Crippen LogP contribution in [0.25, 0.3) is 21.8 Å². The molecule has 0 saturated carbocycles. The molecule has 3 aromatic carbocycles. The maximum Gasteiger partial charge on any atom is 0.332 e. The molecule has 4 rings (SSSR count). The van der Waals surface area contributed by atoms with Gasteiger partial charge in [-0.2, -0.15) is 0 Å². The minimum Gasteiger partial charge on any atom is -0.490 e. The number of fused-ring (bicyclic) bond motifs is 3. The summed E-state index contributed by atoms with van der Waals surface area (Å²) in [5.74, 6) is 0.502. The van der Waals surface area contributed by atoms with Crippen LogP contribution in [-0.4, -0.2) is 41.5 Å². The number of carbonyl (C=O) groups excluding carboxylic acids is 1. The third-order valence-corrected chi connectivity index (χ3v) is 7.27. The summed E-state index contributed by atoms with van der Waals surface area (Å²) in [6.07, 6.45) is 4.47. The highest BCUT2D eigenvalue weighted by Gasteiger charge is 2.20. The third-order valence-electron chi connectivity index (χ3n) is 7.27. The SMILES string of the molecule is CCCCC(CC)Cn1c2ccc(/C(=N\OC(C)=O)c3ccccc3OCCOC)cc2c2cc([N+](=O)[O-])ccc21. The van der Waals surface area contributed by atoms with Gasteiger partial charge >= 0.3 is 5.97 Å². The Hall–Kier alpha value is -4.24. The number of methoxy groups -OCH3 is 1. The second-order valence-electron chi connectivity index (χ2n) is 10.1. The summed E-state index contributed by atoms with van der Waals surface area (Å²) in [4.78, 5) is 28.2. The van der Waals surface area contributed by atoms with E-state index in [-0.39, 0.29) is 10.6 Å². The Labute approximate surface area is 239 Å². The van der Waals surface area contributed by atoms with Gasteiger partial charge in [-0.05, 0) is 42.7 Å². The van der Waals surface area contributed by atoms with Crippen LogP contribution in [0.2, 0.25) is 0 Å². The number of carbonyl (C=O) groups is 1. The number of nitro benzene ring substituents is 1. The Bertz CT molecular complexity index is 1560. The zero-order chi connectivity index (χ0) is 29.4. The van der Waals surface area contributed by atoms with Gasteiger partial charge in [0.2, 0.25) is 0 Å². The molecular formula is C32H37N3O6. The fraction of sp³-hybridized carbons (Fsp3) is 0.375. The van der Waals surface area contributed by atoms with Crippen LogP contribution in [0.15, 0.2) is 65.8 Å². The van der Waals surface area contributed by atoms with Crippen LogP contribution in [0, 0.1) is 16.0 Å². The molecule has 0 aliphatic heterocycles. The summed E-state index contributed by atoms with van der Waals surface area (Å²) in [5.41, 5.74) is 3.70. The maximum atomic E-state index is 11.8. The first kappa shape index (κ1) is 29.7. The standard InChI is InChI=1S/C32H37N3O6/c1-5-7-10-23(6-2)21-34-29-15-13-24(19-27(29)28-20-25(35(37)38)14-16-30(28)34)32(33-41-22(3)36)26-11-8-9-12-31(26)40-18-17-39-4/h8-9,11-16,19-20,23H,5-7,10,17-18,21H2,1-4H3/b33-32+. The first-order valence-electron chi connectivity index (χ1n) is 14.0. The van der Waals surface area contributed by atoms with Crippen molar-refractivity contribution in [3.05, 3.63) is 81.9 Å². The minimum absolute atomic E-state index is 0.0330. The van der Waals surface area contributed by atoms with Gasteiger partial charge in [-0.1, -0.05) is 56.5 Å². The van der Waals surface area contributed by atoms with Crippen LogP contribution in [-0.2, 0) is 20.9 Å². The smallest absolute Gasteiger partial charge is 0.332 e. The van der Waals surface area contributed by atoms with Gasteiger partial charge in [0.05, 0.1) is 11.5 Å². The molecule has 0 amide bonds. The molecule has 0 radical (unpaired) electrons. The predicted molar refractivity (Wildman–Crippen MR) is 161 cm³/mol. The lowest BCUT2D eigenvalue weighted by molar-refractivity contribution is -0.384. The van der Waals surface area contributed by atoms with Crippen LogP contribution in [0.1, 0.15) is 57.6 Å². The zero-order valence-corrected chi connectivity index (χ0v) is 24.1. The highest BCUT2D eigenvalue weighted by Crippen LogP contribution is 2.35. The predicted octanol–water partition coefficient (Wildman–Crippen LogP) is 7.26.